The van der Waals surface area contributed by atoms with Crippen molar-refractivity contribution in [3.8, 4) is 0 Å². The van der Waals surface area contributed by atoms with E-state index in [-0.39, 0.29) is 17.5 Å². The van der Waals surface area contributed by atoms with E-state index in [9.17, 15) is 10.1 Å². The third-order valence-electron chi connectivity index (χ3n) is 1.80. The van der Waals surface area contributed by atoms with E-state index in [2.05, 4.69) is 4.98 Å². The topological polar surface area (TPSA) is 76.3 Å². The van der Waals surface area contributed by atoms with Crippen LogP contribution in [0.15, 0.2) is 17.3 Å². The minimum Gasteiger partial charge on any atom is -0.395 e. The van der Waals surface area contributed by atoms with E-state index >= 15 is 0 Å². The van der Waals surface area contributed by atoms with Gasteiger partial charge in [0.1, 0.15) is 6.20 Å². The number of hydrogen-bond donors (Lipinski definition) is 1. The lowest BCUT2D eigenvalue weighted by atomic mass is 10.3. The van der Waals surface area contributed by atoms with Crippen LogP contribution in [0.3, 0.4) is 0 Å². The zero-order chi connectivity index (χ0) is 11.4. The van der Waals surface area contributed by atoms with E-state index in [1.807, 2.05) is 6.92 Å². The molecule has 1 atom stereocenters. The van der Waals surface area contributed by atoms with Crippen LogP contribution in [-0.2, 0) is 0 Å². The smallest absolute Gasteiger partial charge is 0.287 e. The number of nitro groups is 1. The molecule has 1 aromatic rings. The van der Waals surface area contributed by atoms with Crippen LogP contribution in [0.5, 0.6) is 0 Å². The average molecular weight is 228 g/mol. The molecule has 6 heteroatoms. The van der Waals surface area contributed by atoms with Gasteiger partial charge < -0.3 is 5.11 Å². The van der Waals surface area contributed by atoms with E-state index in [1.165, 1.54) is 24.0 Å². The largest absolute Gasteiger partial charge is 0.395 e. The molecular formula is C9H12N2O3S. The first-order valence-electron chi connectivity index (χ1n) is 4.43. The third-order valence-corrected chi connectivity index (χ3v) is 3.00. The van der Waals surface area contributed by atoms with Crippen LogP contribution < -0.4 is 0 Å². The van der Waals surface area contributed by atoms with E-state index in [1.54, 1.807) is 6.92 Å². The first-order valence-corrected chi connectivity index (χ1v) is 5.31. The van der Waals surface area contributed by atoms with Gasteiger partial charge in [-0.15, -0.1) is 11.8 Å². The Morgan fingerprint density at radius 2 is 2.40 bits per heavy atom. The van der Waals surface area contributed by atoms with Gasteiger partial charge in [-0.3, -0.25) is 10.1 Å². The van der Waals surface area contributed by atoms with Crippen molar-refractivity contribution in [2.75, 3.05) is 6.61 Å². The fourth-order valence-electron chi connectivity index (χ4n) is 0.998. The Hall–Kier alpha value is -1.14. The second kappa shape index (κ2) is 5.09. The Balaban J connectivity index is 2.88. The summed E-state index contributed by atoms with van der Waals surface area (Å²) in [5, 5.41) is 20.1. The van der Waals surface area contributed by atoms with Gasteiger partial charge in [-0.1, -0.05) is 6.92 Å². The van der Waals surface area contributed by atoms with Gasteiger partial charge in [-0.2, -0.15) is 0 Å². The van der Waals surface area contributed by atoms with Gasteiger partial charge >= 0.3 is 0 Å². The second-order valence-corrected chi connectivity index (χ2v) is 4.61. The molecule has 0 spiro atoms. The Morgan fingerprint density at radius 3 is 2.87 bits per heavy atom. The van der Waals surface area contributed by atoms with Gasteiger partial charge in [-0.25, -0.2) is 4.98 Å². The molecule has 0 saturated carbocycles. The summed E-state index contributed by atoms with van der Waals surface area (Å²) in [7, 11) is 0. The Morgan fingerprint density at radius 1 is 1.73 bits per heavy atom. The van der Waals surface area contributed by atoms with Crippen molar-refractivity contribution in [1.29, 1.82) is 0 Å². The van der Waals surface area contributed by atoms with Crippen molar-refractivity contribution in [3.63, 3.8) is 0 Å². The highest BCUT2D eigenvalue weighted by Crippen LogP contribution is 2.26. The fraction of sp³-hybridized carbons (Fsp3) is 0.444. The Labute approximate surface area is 91.7 Å². The van der Waals surface area contributed by atoms with Crippen molar-refractivity contribution in [2.24, 2.45) is 0 Å². The molecule has 82 valence electrons. The van der Waals surface area contributed by atoms with Gasteiger partial charge in [0.15, 0.2) is 0 Å². The standard InChI is InChI=1S/C9H12N2O3S/c1-6-3-8(11(13)14)4-10-9(6)15-7(2)5-12/h3-4,7,12H,5H2,1-2H3. The molecule has 0 bridgehead atoms. The van der Waals surface area contributed by atoms with Crippen LogP contribution in [-0.4, -0.2) is 26.9 Å². The number of aryl methyl sites for hydroxylation is 1. The molecule has 15 heavy (non-hydrogen) atoms. The number of nitrogens with zero attached hydrogens (tertiary/aromatic N) is 2. The highest BCUT2D eigenvalue weighted by molar-refractivity contribution is 7.99. The maximum absolute atomic E-state index is 10.5. The number of hydrogen-bond acceptors (Lipinski definition) is 5. The lowest BCUT2D eigenvalue weighted by Gasteiger charge is -2.08. The van der Waals surface area contributed by atoms with Gasteiger partial charge in [0, 0.05) is 11.3 Å². The maximum atomic E-state index is 10.5. The number of thioether (sulfide) groups is 1. The van der Waals surface area contributed by atoms with E-state index in [0.717, 1.165) is 10.6 Å². The molecule has 1 unspecified atom stereocenters. The summed E-state index contributed by atoms with van der Waals surface area (Å²) in [5.74, 6) is 0. The molecule has 0 fully saturated rings. The molecule has 0 aliphatic carbocycles. The van der Waals surface area contributed by atoms with Crippen LogP contribution in [0.25, 0.3) is 0 Å². The fourth-order valence-corrected chi connectivity index (χ4v) is 1.81. The second-order valence-electron chi connectivity index (χ2n) is 3.18. The quantitative estimate of drug-likeness (QED) is 0.483. The molecule has 0 radical (unpaired) electrons. The van der Waals surface area contributed by atoms with Crippen molar-refractivity contribution in [2.45, 2.75) is 24.1 Å². The molecule has 1 N–H and O–H groups in total. The summed E-state index contributed by atoms with van der Waals surface area (Å²) in [4.78, 5) is 14.0. The normalized spacial score (nSPS) is 12.5. The van der Waals surface area contributed by atoms with Gasteiger partial charge in [0.2, 0.25) is 0 Å². The predicted molar refractivity (Wildman–Crippen MR) is 58.0 cm³/mol. The Kier molecular flexibility index (Phi) is 4.05. The molecule has 1 heterocycles. The van der Waals surface area contributed by atoms with Crippen molar-refractivity contribution < 1.29 is 10.0 Å². The number of aliphatic hydroxyl groups is 1. The van der Waals surface area contributed by atoms with Crippen LogP contribution in [0.2, 0.25) is 0 Å². The van der Waals surface area contributed by atoms with Crippen LogP contribution in [0.4, 0.5) is 5.69 Å². The summed E-state index contributed by atoms with van der Waals surface area (Å²) >= 11 is 1.41. The summed E-state index contributed by atoms with van der Waals surface area (Å²) < 4.78 is 0. The SMILES string of the molecule is Cc1cc([N+](=O)[O-])cnc1SC(C)CO. The predicted octanol–water partition coefficient (Wildman–Crippen LogP) is 1.77. The summed E-state index contributed by atoms with van der Waals surface area (Å²) in [6, 6.07) is 1.49. The van der Waals surface area contributed by atoms with Gasteiger partial charge in [0.25, 0.3) is 5.69 Å². The van der Waals surface area contributed by atoms with Crippen LogP contribution >= 0.6 is 11.8 Å². The Bertz CT molecular complexity index is 370. The molecule has 0 aliphatic rings. The van der Waals surface area contributed by atoms with Crippen LogP contribution in [0.1, 0.15) is 12.5 Å². The van der Waals surface area contributed by atoms with E-state index in [0.29, 0.717) is 0 Å². The summed E-state index contributed by atoms with van der Waals surface area (Å²) in [6.07, 6.45) is 1.24. The third kappa shape index (κ3) is 3.17. The summed E-state index contributed by atoms with van der Waals surface area (Å²) in [5.41, 5.74) is 0.753. The van der Waals surface area contributed by atoms with E-state index < -0.39 is 4.92 Å². The maximum Gasteiger partial charge on any atom is 0.287 e. The zero-order valence-corrected chi connectivity index (χ0v) is 9.32. The number of aliphatic hydroxyl groups excluding tert-OH is 1. The van der Waals surface area contributed by atoms with Crippen LogP contribution in [0, 0.1) is 17.0 Å². The molecule has 1 aromatic heterocycles. The molecule has 0 saturated heterocycles. The number of aromatic nitrogens is 1. The molecule has 0 aromatic carbocycles. The van der Waals surface area contributed by atoms with Crippen molar-refractivity contribution in [1.82, 2.24) is 4.98 Å². The average Bonchev–Trinajstić information content (AvgIpc) is 2.20. The monoisotopic (exact) mass is 228 g/mol. The minimum absolute atomic E-state index is 0.00602. The van der Waals surface area contributed by atoms with E-state index in [4.69, 9.17) is 5.11 Å². The lowest BCUT2D eigenvalue weighted by molar-refractivity contribution is -0.385. The zero-order valence-electron chi connectivity index (χ0n) is 8.51. The number of pyridine rings is 1. The highest BCUT2D eigenvalue weighted by atomic mass is 32.2. The molecule has 1 rings (SSSR count). The molecule has 0 aliphatic heterocycles. The van der Waals surface area contributed by atoms with Gasteiger partial charge in [-0.05, 0) is 12.5 Å². The molecular weight excluding hydrogens is 216 g/mol. The lowest BCUT2D eigenvalue weighted by Crippen LogP contribution is -2.03. The summed E-state index contributed by atoms with van der Waals surface area (Å²) in [6.45, 7) is 3.70. The van der Waals surface area contributed by atoms with Gasteiger partial charge in [0.05, 0.1) is 16.6 Å². The minimum atomic E-state index is -0.468. The number of rotatable bonds is 4. The first-order chi connectivity index (χ1) is 7.04. The molecule has 5 nitrogen and oxygen atoms in total. The first kappa shape index (κ1) is 11.9. The van der Waals surface area contributed by atoms with Crippen molar-refractivity contribution >= 4 is 17.4 Å². The molecule has 0 amide bonds. The highest BCUT2D eigenvalue weighted by Gasteiger charge is 2.11. The van der Waals surface area contributed by atoms with Crippen molar-refractivity contribution in [3.05, 3.63) is 27.9 Å².